The fourth-order valence-electron chi connectivity index (χ4n) is 3.63. The van der Waals surface area contributed by atoms with Crippen LogP contribution in [0.5, 0.6) is 0 Å². The lowest BCUT2D eigenvalue weighted by Gasteiger charge is -2.22. The van der Waals surface area contributed by atoms with E-state index < -0.39 is 0 Å². The summed E-state index contributed by atoms with van der Waals surface area (Å²) in [5, 5.41) is 9.18. The van der Waals surface area contributed by atoms with E-state index in [9.17, 15) is 9.59 Å². The molecule has 3 rings (SSSR count). The average Bonchev–Trinajstić information content (AvgIpc) is 2.70. The first-order valence-corrected chi connectivity index (χ1v) is 10.0. The van der Waals surface area contributed by atoms with Gasteiger partial charge in [-0.25, -0.2) is 0 Å². The number of para-hydroxylation sites is 1. The summed E-state index contributed by atoms with van der Waals surface area (Å²) in [4.78, 5) is 24.6. The standard InChI is InChI=1S/C23H29N3O2/c1-16-7-6-8-17(2)22(16)26-21(27)15-24-19-13-11-18(12-14-19)23(28)25-20-9-4-3-5-10-20/h6-8,11-14,20,24H,3-5,9-10,15H2,1-2H3,(H,25,28)(H,26,27). The molecule has 0 unspecified atom stereocenters. The Kier molecular flexibility index (Phi) is 6.69. The van der Waals surface area contributed by atoms with Gasteiger partial charge in [0.2, 0.25) is 5.91 Å². The smallest absolute Gasteiger partial charge is 0.251 e. The summed E-state index contributed by atoms with van der Waals surface area (Å²) in [5.74, 6) is -0.122. The Bertz CT molecular complexity index is 804. The van der Waals surface area contributed by atoms with Gasteiger partial charge in [-0.2, -0.15) is 0 Å². The van der Waals surface area contributed by atoms with Crippen LogP contribution in [0.2, 0.25) is 0 Å². The van der Waals surface area contributed by atoms with E-state index in [1.807, 2.05) is 44.2 Å². The molecule has 2 aromatic rings. The second-order valence-corrected chi connectivity index (χ2v) is 7.55. The number of rotatable bonds is 6. The molecule has 2 amide bonds. The lowest BCUT2D eigenvalue weighted by Crippen LogP contribution is -2.36. The van der Waals surface area contributed by atoms with E-state index in [1.54, 1.807) is 12.1 Å². The van der Waals surface area contributed by atoms with Crippen LogP contribution in [0.1, 0.15) is 53.6 Å². The van der Waals surface area contributed by atoms with Crippen LogP contribution in [0.25, 0.3) is 0 Å². The number of amides is 2. The molecule has 1 fully saturated rings. The molecule has 3 N–H and O–H groups in total. The van der Waals surface area contributed by atoms with Crippen LogP contribution in [0.3, 0.4) is 0 Å². The first kappa shape index (κ1) is 19.9. The largest absolute Gasteiger partial charge is 0.376 e. The maximum absolute atomic E-state index is 12.4. The lowest BCUT2D eigenvalue weighted by molar-refractivity contribution is -0.114. The van der Waals surface area contributed by atoms with Crippen LogP contribution < -0.4 is 16.0 Å². The minimum absolute atomic E-state index is 0.0220. The molecule has 28 heavy (non-hydrogen) atoms. The average molecular weight is 380 g/mol. The Labute approximate surface area is 166 Å². The van der Waals surface area contributed by atoms with Gasteiger partial charge in [0.15, 0.2) is 0 Å². The third kappa shape index (κ3) is 5.35. The third-order valence-electron chi connectivity index (χ3n) is 5.29. The Morgan fingerprint density at radius 1 is 0.929 bits per heavy atom. The van der Waals surface area contributed by atoms with E-state index in [2.05, 4.69) is 16.0 Å². The van der Waals surface area contributed by atoms with Gasteiger partial charge in [-0.3, -0.25) is 9.59 Å². The highest BCUT2D eigenvalue weighted by atomic mass is 16.2. The van der Waals surface area contributed by atoms with Gasteiger partial charge in [-0.05, 0) is 62.1 Å². The van der Waals surface area contributed by atoms with Crippen LogP contribution in [0, 0.1) is 13.8 Å². The zero-order valence-corrected chi connectivity index (χ0v) is 16.7. The van der Waals surface area contributed by atoms with Crippen molar-refractivity contribution in [1.82, 2.24) is 5.32 Å². The Hall–Kier alpha value is -2.82. The van der Waals surface area contributed by atoms with E-state index >= 15 is 0 Å². The second kappa shape index (κ2) is 9.40. The molecule has 148 valence electrons. The summed E-state index contributed by atoms with van der Waals surface area (Å²) >= 11 is 0. The maximum atomic E-state index is 12.4. The van der Waals surface area contributed by atoms with Gasteiger partial charge in [0, 0.05) is 23.0 Å². The molecule has 1 saturated carbocycles. The molecule has 1 aliphatic rings. The van der Waals surface area contributed by atoms with E-state index in [1.165, 1.54) is 19.3 Å². The quantitative estimate of drug-likeness (QED) is 0.696. The summed E-state index contributed by atoms with van der Waals surface area (Å²) in [6.45, 7) is 4.13. The molecular formula is C23H29N3O2. The van der Waals surface area contributed by atoms with E-state index in [4.69, 9.17) is 0 Å². The predicted octanol–water partition coefficient (Wildman–Crippen LogP) is 4.42. The molecule has 1 aliphatic carbocycles. The first-order chi connectivity index (χ1) is 13.5. The highest BCUT2D eigenvalue weighted by Gasteiger charge is 2.16. The molecule has 2 aromatic carbocycles. The minimum Gasteiger partial charge on any atom is -0.376 e. The molecule has 0 aromatic heterocycles. The second-order valence-electron chi connectivity index (χ2n) is 7.55. The summed E-state index contributed by atoms with van der Waals surface area (Å²) in [6, 6.07) is 13.5. The van der Waals surface area contributed by atoms with E-state index in [0.29, 0.717) is 11.6 Å². The van der Waals surface area contributed by atoms with Crippen molar-refractivity contribution in [1.29, 1.82) is 0 Å². The summed E-state index contributed by atoms with van der Waals surface area (Å²) in [6.07, 6.45) is 5.79. The van der Waals surface area contributed by atoms with Gasteiger partial charge < -0.3 is 16.0 Å². The van der Waals surface area contributed by atoms with Crippen molar-refractivity contribution in [2.24, 2.45) is 0 Å². The molecule has 0 radical (unpaired) electrons. The number of anilines is 2. The Morgan fingerprint density at radius 3 is 2.21 bits per heavy atom. The number of aryl methyl sites for hydroxylation is 2. The number of benzene rings is 2. The van der Waals surface area contributed by atoms with Crippen molar-refractivity contribution in [3.05, 3.63) is 59.2 Å². The molecular weight excluding hydrogens is 350 g/mol. The molecule has 0 bridgehead atoms. The zero-order valence-electron chi connectivity index (χ0n) is 16.7. The van der Waals surface area contributed by atoms with Crippen molar-refractivity contribution in [3.63, 3.8) is 0 Å². The van der Waals surface area contributed by atoms with Gasteiger partial charge in [-0.1, -0.05) is 37.5 Å². The van der Waals surface area contributed by atoms with Gasteiger partial charge in [-0.15, -0.1) is 0 Å². The number of carbonyl (C=O) groups excluding carboxylic acids is 2. The highest BCUT2D eigenvalue weighted by molar-refractivity contribution is 5.96. The van der Waals surface area contributed by atoms with Gasteiger partial charge in [0.1, 0.15) is 0 Å². The Morgan fingerprint density at radius 2 is 1.57 bits per heavy atom. The van der Waals surface area contributed by atoms with Crippen molar-refractivity contribution in [3.8, 4) is 0 Å². The van der Waals surface area contributed by atoms with Crippen molar-refractivity contribution < 1.29 is 9.59 Å². The van der Waals surface area contributed by atoms with Crippen molar-refractivity contribution in [2.45, 2.75) is 52.0 Å². The number of hydrogen-bond donors (Lipinski definition) is 3. The molecule has 0 heterocycles. The fraction of sp³-hybridized carbons (Fsp3) is 0.391. The van der Waals surface area contributed by atoms with Crippen LogP contribution in [0.15, 0.2) is 42.5 Å². The van der Waals surface area contributed by atoms with Crippen LogP contribution >= 0.6 is 0 Å². The summed E-state index contributed by atoms with van der Waals surface area (Å²) < 4.78 is 0. The van der Waals surface area contributed by atoms with E-state index in [0.717, 1.165) is 35.3 Å². The van der Waals surface area contributed by atoms with Gasteiger partial charge >= 0.3 is 0 Å². The first-order valence-electron chi connectivity index (χ1n) is 10.0. The van der Waals surface area contributed by atoms with Gasteiger partial charge in [0.25, 0.3) is 5.91 Å². The SMILES string of the molecule is Cc1cccc(C)c1NC(=O)CNc1ccc(C(=O)NC2CCCCC2)cc1. The highest BCUT2D eigenvalue weighted by Crippen LogP contribution is 2.20. The normalized spacial score (nSPS) is 14.4. The number of nitrogens with one attached hydrogen (secondary N) is 3. The molecule has 0 spiro atoms. The van der Waals surface area contributed by atoms with Crippen LogP contribution in [-0.2, 0) is 4.79 Å². The van der Waals surface area contributed by atoms with Crippen molar-refractivity contribution in [2.75, 3.05) is 17.2 Å². The van der Waals surface area contributed by atoms with Crippen LogP contribution in [-0.4, -0.2) is 24.4 Å². The topological polar surface area (TPSA) is 70.2 Å². The third-order valence-corrected chi connectivity index (χ3v) is 5.29. The summed E-state index contributed by atoms with van der Waals surface area (Å²) in [5.41, 5.74) is 4.41. The Balaban J connectivity index is 1.50. The van der Waals surface area contributed by atoms with E-state index in [-0.39, 0.29) is 18.4 Å². The van der Waals surface area contributed by atoms with Crippen molar-refractivity contribution >= 4 is 23.2 Å². The predicted molar refractivity (Wildman–Crippen MR) is 114 cm³/mol. The maximum Gasteiger partial charge on any atom is 0.251 e. The molecule has 5 heteroatoms. The number of hydrogen-bond acceptors (Lipinski definition) is 3. The lowest BCUT2D eigenvalue weighted by atomic mass is 9.95. The molecule has 0 atom stereocenters. The number of carbonyl (C=O) groups is 2. The summed E-state index contributed by atoms with van der Waals surface area (Å²) in [7, 11) is 0. The molecule has 0 aliphatic heterocycles. The molecule has 0 saturated heterocycles. The minimum atomic E-state index is -0.100. The molecule has 5 nitrogen and oxygen atoms in total. The van der Waals surface area contributed by atoms with Gasteiger partial charge in [0.05, 0.1) is 6.54 Å². The fourth-order valence-corrected chi connectivity index (χ4v) is 3.63. The zero-order chi connectivity index (χ0) is 19.9. The van der Waals surface area contributed by atoms with Crippen LogP contribution in [0.4, 0.5) is 11.4 Å². The monoisotopic (exact) mass is 379 g/mol.